The number of morpholine rings is 1. The second-order valence-electron chi connectivity index (χ2n) is 6.77. The summed E-state index contributed by atoms with van der Waals surface area (Å²) in [6.45, 7) is 5.13. The summed E-state index contributed by atoms with van der Waals surface area (Å²) in [5.74, 6) is 1.96. The smallest absolute Gasteiger partial charge is 0.317 e. The molecule has 2 amide bonds. The molecule has 0 bridgehead atoms. The average Bonchev–Trinajstić information content (AvgIpc) is 3.01. The Morgan fingerprint density at radius 3 is 2.89 bits per heavy atom. The van der Waals surface area contributed by atoms with Gasteiger partial charge in [0, 0.05) is 31.6 Å². The fourth-order valence-electron chi connectivity index (χ4n) is 3.38. The third kappa shape index (κ3) is 3.40. The van der Waals surface area contributed by atoms with Crippen LogP contribution < -0.4 is 15.8 Å². The minimum absolute atomic E-state index is 0.0891. The van der Waals surface area contributed by atoms with Crippen LogP contribution in [0.5, 0.6) is 5.75 Å². The van der Waals surface area contributed by atoms with Crippen molar-refractivity contribution in [3.05, 3.63) is 24.0 Å². The summed E-state index contributed by atoms with van der Waals surface area (Å²) in [6, 6.07) is 5.63. The quantitative estimate of drug-likeness (QED) is 0.659. The van der Waals surface area contributed by atoms with Crippen molar-refractivity contribution in [2.45, 2.75) is 6.92 Å². The third-order valence-corrected chi connectivity index (χ3v) is 4.97. The molecule has 3 N–H and O–H groups in total. The van der Waals surface area contributed by atoms with Crippen LogP contribution in [0.15, 0.2) is 18.2 Å². The molecule has 1 fully saturated rings. The number of carbonyl (C=O) groups excluding carboxylic acids is 1. The average molecular weight is 384 g/mol. The largest absolute Gasteiger partial charge is 0.492 e. The third-order valence-electron chi connectivity index (χ3n) is 4.97. The maximum absolute atomic E-state index is 12.1. The van der Waals surface area contributed by atoms with Gasteiger partial charge in [-0.3, -0.25) is 0 Å². The zero-order valence-electron chi connectivity index (χ0n) is 16.1. The first kappa shape index (κ1) is 18.3. The summed E-state index contributed by atoms with van der Waals surface area (Å²) in [5.41, 5.74) is 8.52. The van der Waals surface area contributed by atoms with E-state index >= 15 is 0 Å². The minimum atomic E-state index is -0.0891. The van der Waals surface area contributed by atoms with E-state index in [0.29, 0.717) is 56.5 Å². The lowest BCUT2D eigenvalue weighted by atomic mass is 10.1. The van der Waals surface area contributed by atoms with Crippen LogP contribution in [0, 0.1) is 6.92 Å². The second-order valence-corrected chi connectivity index (χ2v) is 6.77. The van der Waals surface area contributed by atoms with Gasteiger partial charge in [-0.15, -0.1) is 0 Å². The number of benzene rings is 1. The molecule has 3 aromatic rings. The number of nitrogens with two attached hydrogens (primary N) is 1. The zero-order chi connectivity index (χ0) is 19.7. The number of aryl methyl sites for hydroxylation is 2. The van der Waals surface area contributed by atoms with Gasteiger partial charge in [-0.2, -0.15) is 0 Å². The van der Waals surface area contributed by atoms with E-state index < -0.39 is 0 Å². The van der Waals surface area contributed by atoms with E-state index in [0.717, 1.165) is 22.2 Å². The highest BCUT2D eigenvalue weighted by Crippen LogP contribution is 2.30. The van der Waals surface area contributed by atoms with Gasteiger partial charge in [0.1, 0.15) is 23.7 Å². The number of pyridine rings is 1. The van der Waals surface area contributed by atoms with Crippen LogP contribution >= 0.6 is 0 Å². The van der Waals surface area contributed by atoms with E-state index in [1.807, 2.05) is 36.7 Å². The lowest BCUT2D eigenvalue weighted by molar-refractivity contribution is 0.0530. The number of hydrogen-bond donors (Lipinski definition) is 2. The van der Waals surface area contributed by atoms with Crippen molar-refractivity contribution in [3.8, 4) is 5.75 Å². The number of nitrogens with one attached hydrogen (secondary N) is 1. The van der Waals surface area contributed by atoms with Crippen LogP contribution in [0.1, 0.15) is 5.82 Å². The molecule has 1 aromatic carbocycles. The molecule has 0 radical (unpaired) electrons. The van der Waals surface area contributed by atoms with Crippen molar-refractivity contribution < 1.29 is 14.3 Å². The number of carbonyl (C=O) groups is 1. The number of amides is 2. The van der Waals surface area contributed by atoms with Crippen molar-refractivity contribution in [1.82, 2.24) is 24.8 Å². The number of nitrogens with zero attached hydrogens (tertiary/aromatic N) is 4. The lowest BCUT2D eigenvalue weighted by Crippen LogP contribution is -2.47. The van der Waals surface area contributed by atoms with E-state index in [9.17, 15) is 4.79 Å². The number of fused-ring (bicyclic) bond motifs is 3. The predicted octanol–water partition coefficient (Wildman–Crippen LogP) is 1.43. The first-order valence-corrected chi connectivity index (χ1v) is 9.30. The summed E-state index contributed by atoms with van der Waals surface area (Å²) in [4.78, 5) is 22.8. The molecule has 1 aliphatic heterocycles. The van der Waals surface area contributed by atoms with Gasteiger partial charge >= 0.3 is 6.03 Å². The van der Waals surface area contributed by atoms with Crippen LogP contribution in [0.4, 0.5) is 10.6 Å². The Morgan fingerprint density at radius 2 is 2.11 bits per heavy atom. The van der Waals surface area contributed by atoms with Gasteiger partial charge in [0.2, 0.25) is 0 Å². The normalized spacial score (nSPS) is 14.6. The molecule has 0 unspecified atom stereocenters. The van der Waals surface area contributed by atoms with Crippen molar-refractivity contribution in [1.29, 1.82) is 0 Å². The van der Waals surface area contributed by atoms with Gasteiger partial charge in [0.05, 0.1) is 30.8 Å². The van der Waals surface area contributed by atoms with Crippen LogP contribution in [0.2, 0.25) is 0 Å². The number of rotatable bonds is 4. The Hall–Kier alpha value is -3.07. The molecule has 1 saturated heterocycles. The molecule has 0 spiro atoms. The molecule has 148 valence electrons. The highest BCUT2D eigenvalue weighted by Gasteiger charge is 2.16. The van der Waals surface area contributed by atoms with Crippen molar-refractivity contribution in [2.24, 2.45) is 7.05 Å². The molecule has 9 nitrogen and oxygen atoms in total. The van der Waals surface area contributed by atoms with Crippen molar-refractivity contribution in [2.75, 3.05) is 45.2 Å². The predicted molar refractivity (Wildman–Crippen MR) is 106 cm³/mol. The standard InChI is InChI=1S/C19H24N6O3/c1-12-22-16-17(24(12)2)14-4-3-13(11-15(14)23-18(16)20)28-8-5-21-19(26)25-6-9-27-10-7-25/h3-4,11H,5-10H2,1-2H3,(H2,20,23)(H,21,26). The van der Waals surface area contributed by atoms with Gasteiger partial charge in [-0.1, -0.05) is 0 Å². The van der Waals surface area contributed by atoms with Crippen molar-refractivity contribution >= 4 is 33.8 Å². The number of nitrogen functional groups attached to an aromatic ring is 1. The maximum Gasteiger partial charge on any atom is 0.317 e. The van der Waals surface area contributed by atoms with Gasteiger partial charge < -0.3 is 30.0 Å². The Kier molecular flexibility index (Phi) is 4.91. The van der Waals surface area contributed by atoms with E-state index in [-0.39, 0.29) is 6.03 Å². The summed E-state index contributed by atoms with van der Waals surface area (Å²) in [5, 5.41) is 3.83. The molecule has 0 saturated carbocycles. The van der Waals surface area contributed by atoms with Crippen molar-refractivity contribution in [3.63, 3.8) is 0 Å². The molecule has 0 aliphatic carbocycles. The maximum atomic E-state index is 12.1. The first-order valence-electron chi connectivity index (χ1n) is 9.30. The van der Waals surface area contributed by atoms with E-state index in [4.69, 9.17) is 15.2 Å². The number of hydrogen-bond acceptors (Lipinski definition) is 6. The fraction of sp³-hybridized carbons (Fsp3) is 0.421. The van der Waals surface area contributed by atoms with Gasteiger partial charge in [0.25, 0.3) is 0 Å². The molecule has 9 heteroatoms. The van der Waals surface area contributed by atoms with E-state index in [1.54, 1.807) is 4.90 Å². The second kappa shape index (κ2) is 7.51. The molecule has 0 atom stereocenters. The Morgan fingerprint density at radius 1 is 1.32 bits per heavy atom. The van der Waals surface area contributed by atoms with Gasteiger partial charge in [-0.05, 0) is 19.1 Å². The SMILES string of the molecule is Cc1nc2c(N)nc3cc(OCCNC(=O)N4CCOCC4)ccc3c2n1C. The number of imidazole rings is 1. The summed E-state index contributed by atoms with van der Waals surface area (Å²) < 4.78 is 13.0. The highest BCUT2D eigenvalue weighted by molar-refractivity contribution is 6.06. The number of urea groups is 1. The van der Waals surface area contributed by atoms with Crippen LogP contribution in [0.3, 0.4) is 0 Å². The van der Waals surface area contributed by atoms with E-state index in [1.165, 1.54) is 0 Å². The summed E-state index contributed by atoms with van der Waals surface area (Å²) in [7, 11) is 1.96. The number of anilines is 1. The van der Waals surface area contributed by atoms with Gasteiger partial charge in [-0.25, -0.2) is 14.8 Å². The Balaban J connectivity index is 1.43. The molecule has 28 heavy (non-hydrogen) atoms. The highest BCUT2D eigenvalue weighted by atomic mass is 16.5. The topological polar surface area (TPSA) is 108 Å². The number of ether oxygens (including phenoxy) is 2. The Labute approximate surface area is 162 Å². The summed E-state index contributed by atoms with van der Waals surface area (Å²) >= 11 is 0. The van der Waals surface area contributed by atoms with Crippen LogP contribution in [-0.4, -0.2) is 64.9 Å². The molecule has 2 aromatic heterocycles. The first-order chi connectivity index (χ1) is 13.5. The summed E-state index contributed by atoms with van der Waals surface area (Å²) in [6.07, 6.45) is 0. The molecule has 4 rings (SSSR count). The Bertz CT molecular complexity index is 1030. The van der Waals surface area contributed by atoms with Crippen LogP contribution in [-0.2, 0) is 11.8 Å². The monoisotopic (exact) mass is 384 g/mol. The lowest BCUT2D eigenvalue weighted by Gasteiger charge is -2.26. The molecular weight excluding hydrogens is 360 g/mol. The molecule has 1 aliphatic rings. The minimum Gasteiger partial charge on any atom is -0.492 e. The molecular formula is C19H24N6O3. The van der Waals surface area contributed by atoms with E-state index in [2.05, 4.69) is 15.3 Å². The zero-order valence-corrected chi connectivity index (χ0v) is 16.1. The number of aromatic nitrogens is 3. The van der Waals surface area contributed by atoms with Gasteiger partial charge in [0.15, 0.2) is 5.82 Å². The van der Waals surface area contributed by atoms with Crippen LogP contribution in [0.25, 0.3) is 21.9 Å². The fourth-order valence-corrected chi connectivity index (χ4v) is 3.38. The molecule has 3 heterocycles.